The maximum Gasteiger partial charge on any atom is 0.229 e. The fourth-order valence-corrected chi connectivity index (χ4v) is 0.874. The lowest BCUT2D eigenvalue weighted by Crippen LogP contribution is -1.68. The lowest BCUT2D eigenvalue weighted by atomic mass is 10.3. The van der Waals surface area contributed by atoms with E-state index in [-0.39, 0.29) is 0 Å². The van der Waals surface area contributed by atoms with Gasteiger partial charge in [0.15, 0.2) is 0 Å². The Morgan fingerprint density at radius 3 is 2.91 bits per heavy atom. The Kier molecular flexibility index (Phi) is 1.28. The van der Waals surface area contributed by atoms with Crippen molar-refractivity contribution in [2.24, 2.45) is 0 Å². The smallest absolute Gasteiger partial charge is 0.229 e. The summed E-state index contributed by atoms with van der Waals surface area (Å²) in [5.74, 6) is 1.41. The fraction of sp³-hybridized carbons (Fsp3) is 0.125. The van der Waals surface area contributed by atoms with Crippen LogP contribution in [0, 0.1) is 6.92 Å². The van der Waals surface area contributed by atoms with Gasteiger partial charge in [-0.15, -0.1) is 0 Å². The Hall–Kier alpha value is -1.51. The number of oxazole rings is 1. The summed E-state index contributed by atoms with van der Waals surface area (Å²) in [6.45, 7) is 1.86. The number of furan rings is 1. The van der Waals surface area contributed by atoms with Crippen LogP contribution in [-0.2, 0) is 0 Å². The molecule has 0 aliphatic rings. The van der Waals surface area contributed by atoms with Crippen molar-refractivity contribution in [2.45, 2.75) is 6.92 Å². The third-order valence-electron chi connectivity index (χ3n) is 1.39. The van der Waals surface area contributed by atoms with E-state index in [1.807, 2.05) is 13.0 Å². The van der Waals surface area contributed by atoms with Gasteiger partial charge in [-0.1, -0.05) is 0 Å². The summed E-state index contributed by atoms with van der Waals surface area (Å²) in [6, 6.07) is 1.81. The summed E-state index contributed by atoms with van der Waals surface area (Å²) in [5, 5.41) is 0. The van der Waals surface area contributed by atoms with E-state index in [9.17, 15) is 0 Å². The standard InChI is InChI=1S/C8H7NO2/c1-6-4-9-8(11-6)7-2-3-10-5-7/h2-5H,1H3. The van der Waals surface area contributed by atoms with Gasteiger partial charge in [0, 0.05) is 0 Å². The van der Waals surface area contributed by atoms with E-state index in [1.54, 1.807) is 18.7 Å². The van der Waals surface area contributed by atoms with Crippen LogP contribution in [0.3, 0.4) is 0 Å². The summed E-state index contributed by atoms with van der Waals surface area (Å²) in [4.78, 5) is 4.03. The zero-order valence-corrected chi connectivity index (χ0v) is 6.07. The van der Waals surface area contributed by atoms with Crippen LogP contribution in [0.4, 0.5) is 0 Å². The first kappa shape index (κ1) is 6.22. The first-order valence-electron chi connectivity index (χ1n) is 3.31. The zero-order chi connectivity index (χ0) is 7.68. The van der Waals surface area contributed by atoms with E-state index in [0.717, 1.165) is 11.3 Å². The molecule has 0 N–H and O–H groups in total. The van der Waals surface area contributed by atoms with E-state index in [2.05, 4.69) is 4.98 Å². The van der Waals surface area contributed by atoms with Crippen molar-refractivity contribution < 1.29 is 8.83 Å². The van der Waals surface area contributed by atoms with E-state index in [4.69, 9.17) is 8.83 Å². The molecule has 0 atom stereocenters. The second-order valence-corrected chi connectivity index (χ2v) is 2.29. The topological polar surface area (TPSA) is 39.2 Å². The van der Waals surface area contributed by atoms with Crippen LogP contribution < -0.4 is 0 Å². The van der Waals surface area contributed by atoms with E-state index in [1.165, 1.54) is 0 Å². The first-order chi connectivity index (χ1) is 5.36. The highest BCUT2D eigenvalue weighted by Gasteiger charge is 2.03. The minimum atomic E-state index is 0.608. The average molecular weight is 149 g/mol. The van der Waals surface area contributed by atoms with Crippen LogP contribution in [-0.4, -0.2) is 4.98 Å². The molecule has 2 aromatic heterocycles. The number of nitrogens with zero attached hydrogens (tertiary/aromatic N) is 1. The zero-order valence-electron chi connectivity index (χ0n) is 6.07. The van der Waals surface area contributed by atoms with Crippen molar-refractivity contribution in [3.05, 3.63) is 30.5 Å². The number of aryl methyl sites for hydroxylation is 1. The maximum atomic E-state index is 5.26. The number of aromatic nitrogens is 1. The molecule has 0 saturated carbocycles. The molecule has 0 aliphatic carbocycles. The Bertz CT molecular complexity index is 335. The Morgan fingerprint density at radius 2 is 2.36 bits per heavy atom. The second kappa shape index (κ2) is 2.27. The molecule has 3 nitrogen and oxygen atoms in total. The molecule has 0 amide bonds. The van der Waals surface area contributed by atoms with Gasteiger partial charge in [0.25, 0.3) is 0 Å². The van der Waals surface area contributed by atoms with Gasteiger partial charge in [0.05, 0.1) is 18.0 Å². The largest absolute Gasteiger partial charge is 0.472 e. The molecule has 0 spiro atoms. The third-order valence-corrected chi connectivity index (χ3v) is 1.39. The van der Waals surface area contributed by atoms with Gasteiger partial charge in [-0.25, -0.2) is 4.98 Å². The minimum Gasteiger partial charge on any atom is -0.472 e. The van der Waals surface area contributed by atoms with Crippen molar-refractivity contribution >= 4 is 0 Å². The molecule has 0 saturated heterocycles. The molecule has 0 fully saturated rings. The highest BCUT2D eigenvalue weighted by atomic mass is 16.4. The van der Waals surface area contributed by atoms with Crippen LogP contribution in [0.15, 0.2) is 33.6 Å². The normalized spacial score (nSPS) is 10.3. The van der Waals surface area contributed by atoms with E-state index >= 15 is 0 Å². The van der Waals surface area contributed by atoms with Crippen molar-refractivity contribution in [3.63, 3.8) is 0 Å². The Labute approximate surface area is 63.7 Å². The SMILES string of the molecule is Cc1cnc(-c2ccoc2)o1. The van der Waals surface area contributed by atoms with Crippen LogP contribution in [0.2, 0.25) is 0 Å². The van der Waals surface area contributed by atoms with Gasteiger partial charge < -0.3 is 8.83 Å². The number of hydrogen-bond acceptors (Lipinski definition) is 3. The predicted octanol–water partition coefficient (Wildman–Crippen LogP) is 2.24. The number of rotatable bonds is 1. The highest BCUT2D eigenvalue weighted by molar-refractivity contribution is 5.50. The van der Waals surface area contributed by atoms with Crippen molar-refractivity contribution in [2.75, 3.05) is 0 Å². The molecular weight excluding hydrogens is 142 g/mol. The lowest BCUT2D eigenvalue weighted by Gasteiger charge is -1.83. The second-order valence-electron chi connectivity index (χ2n) is 2.29. The van der Waals surface area contributed by atoms with Crippen LogP contribution in [0.5, 0.6) is 0 Å². The van der Waals surface area contributed by atoms with Crippen molar-refractivity contribution in [1.29, 1.82) is 0 Å². The van der Waals surface area contributed by atoms with Gasteiger partial charge in [0.2, 0.25) is 5.89 Å². The molecule has 0 unspecified atom stereocenters. The van der Waals surface area contributed by atoms with Crippen LogP contribution >= 0.6 is 0 Å². The fourth-order valence-electron chi connectivity index (χ4n) is 0.874. The van der Waals surface area contributed by atoms with Gasteiger partial charge in [0.1, 0.15) is 12.0 Å². The molecule has 3 heteroatoms. The lowest BCUT2D eigenvalue weighted by molar-refractivity contribution is 0.537. The summed E-state index contributed by atoms with van der Waals surface area (Å²) in [7, 11) is 0. The summed E-state index contributed by atoms with van der Waals surface area (Å²) in [5.41, 5.74) is 0.873. The third kappa shape index (κ3) is 1.05. The molecule has 0 bridgehead atoms. The Balaban J connectivity index is 2.45. The molecule has 2 heterocycles. The minimum absolute atomic E-state index is 0.608. The highest BCUT2D eigenvalue weighted by Crippen LogP contribution is 2.18. The molecule has 2 rings (SSSR count). The quantitative estimate of drug-likeness (QED) is 0.624. The molecule has 0 radical (unpaired) electrons. The molecule has 11 heavy (non-hydrogen) atoms. The summed E-state index contributed by atoms with van der Waals surface area (Å²) >= 11 is 0. The van der Waals surface area contributed by atoms with E-state index in [0.29, 0.717) is 5.89 Å². The molecule has 56 valence electrons. The summed E-state index contributed by atoms with van der Waals surface area (Å²) < 4.78 is 10.1. The van der Waals surface area contributed by atoms with Crippen LogP contribution in [0.1, 0.15) is 5.76 Å². The summed E-state index contributed by atoms with van der Waals surface area (Å²) in [6.07, 6.45) is 4.88. The van der Waals surface area contributed by atoms with Crippen molar-refractivity contribution in [1.82, 2.24) is 4.98 Å². The number of hydrogen-bond donors (Lipinski definition) is 0. The predicted molar refractivity (Wildman–Crippen MR) is 38.9 cm³/mol. The monoisotopic (exact) mass is 149 g/mol. The first-order valence-corrected chi connectivity index (χ1v) is 3.31. The van der Waals surface area contributed by atoms with Gasteiger partial charge in [-0.05, 0) is 13.0 Å². The maximum absolute atomic E-state index is 5.26. The molecule has 2 aromatic rings. The average Bonchev–Trinajstić information content (AvgIpc) is 2.55. The van der Waals surface area contributed by atoms with Gasteiger partial charge in [-0.2, -0.15) is 0 Å². The molecule has 0 aromatic carbocycles. The van der Waals surface area contributed by atoms with Gasteiger partial charge in [-0.3, -0.25) is 0 Å². The van der Waals surface area contributed by atoms with E-state index < -0.39 is 0 Å². The van der Waals surface area contributed by atoms with Crippen LogP contribution in [0.25, 0.3) is 11.5 Å². The van der Waals surface area contributed by atoms with Crippen molar-refractivity contribution in [3.8, 4) is 11.5 Å². The molecule has 0 aliphatic heterocycles. The van der Waals surface area contributed by atoms with Gasteiger partial charge >= 0.3 is 0 Å². The Morgan fingerprint density at radius 1 is 1.45 bits per heavy atom. The molecular formula is C8H7NO2.